The van der Waals surface area contributed by atoms with Crippen molar-refractivity contribution in [3.63, 3.8) is 0 Å². The molecule has 1 aromatic carbocycles. The Labute approximate surface area is 105 Å². The van der Waals surface area contributed by atoms with Gasteiger partial charge >= 0.3 is 0 Å². The topological polar surface area (TPSA) is 0 Å². The monoisotopic (exact) mass is 278 g/mol. The highest BCUT2D eigenvalue weighted by Gasteiger charge is 2.20. The SMILES string of the molecule is Fc1cccc(C(Cl)c2sccc2Cl)c1F. The van der Waals surface area contributed by atoms with Crippen molar-refractivity contribution in [2.24, 2.45) is 0 Å². The Kier molecular flexibility index (Phi) is 3.47. The van der Waals surface area contributed by atoms with E-state index in [1.807, 2.05) is 0 Å². The third-order valence-corrected chi connectivity index (χ3v) is 4.14. The Morgan fingerprint density at radius 3 is 2.56 bits per heavy atom. The van der Waals surface area contributed by atoms with Crippen molar-refractivity contribution in [2.45, 2.75) is 5.38 Å². The van der Waals surface area contributed by atoms with E-state index >= 15 is 0 Å². The molecule has 1 unspecified atom stereocenters. The molecule has 0 nitrogen and oxygen atoms in total. The molecule has 0 bridgehead atoms. The molecular weight excluding hydrogens is 273 g/mol. The van der Waals surface area contributed by atoms with E-state index in [0.717, 1.165) is 6.07 Å². The Balaban J connectivity index is 2.46. The van der Waals surface area contributed by atoms with Crippen LogP contribution in [0.1, 0.15) is 15.8 Å². The van der Waals surface area contributed by atoms with Gasteiger partial charge in [0.15, 0.2) is 11.6 Å². The maximum Gasteiger partial charge on any atom is 0.163 e. The molecule has 1 atom stereocenters. The summed E-state index contributed by atoms with van der Waals surface area (Å²) in [5.74, 6) is -1.83. The average molecular weight is 279 g/mol. The minimum absolute atomic E-state index is 0.103. The van der Waals surface area contributed by atoms with Crippen molar-refractivity contribution < 1.29 is 8.78 Å². The van der Waals surface area contributed by atoms with E-state index in [9.17, 15) is 8.78 Å². The highest BCUT2D eigenvalue weighted by atomic mass is 35.5. The number of benzene rings is 1. The van der Waals surface area contributed by atoms with Gasteiger partial charge < -0.3 is 0 Å². The van der Waals surface area contributed by atoms with Crippen molar-refractivity contribution >= 4 is 34.5 Å². The van der Waals surface area contributed by atoms with Crippen LogP contribution in [0.4, 0.5) is 8.78 Å². The largest absolute Gasteiger partial charge is 0.204 e. The lowest BCUT2D eigenvalue weighted by Crippen LogP contribution is -1.97. The molecular formula is C11H6Cl2F2S. The van der Waals surface area contributed by atoms with Crippen LogP contribution in [0.5, 0.6) is 0 Å². The number of rotatable bonds is 2. The molecule has 0 aliphatic rings. The van der Waals surface area contributed by atoms with Gasteiger partial charge in [0.25, 0.3) is 0 Å². The van der Waals surface area contributed by atoms with Crippen molar-refractivity contribution in [3.05, 3.63) is 56.7 Å². The first-order chi connectivity index (χ1) is 7.61. The van der Waals surface area contributed by atoms with Crippen molar-refractivity contribution in [1.29, 1.82) is 0 Å². The fraction of sp³-hybridized carbons (Fsp3) is 0.0909. The van der Waals surface area contributed by atoms with Crippen LogP contribution in [0.2, 0.25) is 5.02 Å². The van der Waals surface area contributed by atoms with Crippen molar-refractivity contribution in [1.82, 2.24) is 0 Å². The van der Waals surface area contributed by atoms with Gasteiger partial charge in [-0.05, 0) is 17.5 Å². The summed E-state index contributed by atoms with van der Waals surface area (Å²) in [5.41, 5.74) is 0.103. The van der Waals surface area contributed by atoms with Crippen LogP contribution in [-0.2, 0) is 0 Å². The molecule has 2 rings (SSSR count). The summed E-state index contributed by atoms with van der Waals surface area (Å²) >= 11 is 13.3. The second-order valence-electron chi connectivity index (χ2n) is 3.14. The maximum absolute atomic E-state index is 13.5. The third-order valence-electron chi connectivity index (χ3n) is 2.13. The average Bonchev–Trinajstić information content (AvgIpc) is 2.68. The fourth-order valence-electron chi connectivity index (χ4n) is 1.34. The number of alkyl halides is 1. The van der Waals surface area contributed by atoms with Gasteiger partial charge in [0, 0.05) is 10.4 Å². The van der Waals surface area contributed by atoms with Gasteiger partial charge in [-0.3, -0.25) is 0 Å². The molecule has 0 aliphatic heterocycles. The van der Waals surface area contributed by atoms with Crippen molar-refractivity contribution in [3.8, 4) is 0 Å². The lowest BCUT2D eigenvalue weighted by atomic mass is 10.1. The molecule has 2 aromatic rings. The van der Waals surface area contributed by atoms with Crippen LogP contribution in [0.3, 0.4) is 0 Å². The molecule has 0 N–H and O–H groups in total. The first-order valence-electron chi connectivity index (χ1n) is 4.42. The van der Waals surface area contributed by atoms with Gasteiger partial charge in [-0.15, -0.1) is 22.9 Å². The zero-order chi connectivity index (χ0) is 11.7. The molecule has 0 saturated heterocycles. The van der Waals surface area contributed by atoms with E-state index in [4.69, 9.17) is 23.2 Å². The summed E-state index contributed by atoms with van der Waals surface area (Å²) in [5, 5.41) is 1.46. The Morgan fingerprint density at radius 1 is 1.19 bits per heavy atom. The smallest absolute Gasteiger partial charge is 0.163 e. The molecule has 0 aliphatic carbocycles. The predicted molar refractivity (Wildman–Crippen MR) is 63.4 cm³/mol. The zero-order valence-corrected chi connectivity index (χ0v) is 10.2. The summed E-state index contributed by atoms with van der Waals surface area (Å²) in [6.45, 7) is 0. The van der Waals surface area contributed by atoms with Gasteiger partial charge in [0.1, 0.15) is 0 Å². The van der Waals surface area contributed by atoms with Gasteiger partial charge in [-0.1, -0.05) is 23.7 Å². The molecule has 16 heavy (non-hydrogen) atoms. The summed E-state index contributed by atoms with van der Waals surface area (Å²) in [4.78, 5) is 0.618. The van der Waals surface area contributed by atoms with Gasteiger partial charge in [-0.25, -0.2) is 8.78 Å². The first kappa shape index (κ1) is 11.8. The Morgan fingerprint density at radius 2 is 1.94 bits per heavy atom. The Bertz CT molecular complexity index is 510. The quantitative estimate of drug-likeness (QED) is 0.678. The lowest BCUT2D eigenvalue weighted by molar-refractivity contribution is 0.500. The van der Waals surface area contributed by atoms with Gasteiger partial charge in [0.2, 0.25) is 0 Å². The second-order valence-corrected chi connectivity index (χ2v) is 4.93. The number of hydrogen-bond acceptors (Lipinski definition) is 1. The zero-order valence-electron chi connectivity index (χ0n) is 7.88. The summed E-state index contributed by atoms with van der Waals surface area (Å²) in [6.07, 6.45) is 0. The molecule has 1 aromatic heterocycles. The van der Waals surface area contributed by atoms with Crippen molar-refractivity contribution in [2.75, 3.05) is 0 Å². The normalized spacial score (nSPS) is 12.8. The third kappa shape index (κ3) is 2.08. The van der Waals surface area contributed by atoms with Crippen LogP contribution >= 0.6 is 34.5 Å². The van der Waals surface area contributed by atoms with Crippen LogP contribution in [0, 0.1) is 11.6 Å². The van der Waals surface area contributed by atoms with Gasteiger partial charge in [-0.2, -0.15) is 0 Å². The fourth-order valence-corrected chi connectivity index (χ4v) is 3.00. The highest BCUT2D eigenvalue weighted by molar-refractivity contribution is 7.11. The highest BCUT2D eigenvalue weighted by Crippen LogP contribution is 2.38. The molecule has 0 amide bonds. The van der Waals surface area contributed by atoms with Crippen LogP contribution in [-0.4, -0.2) is 0 Å². The minimum Gasteiger partial charge on any atom is -0.204 e. The molecule has 5 heteroatoms. The van der Waals surface area contributed by atoms with Crippen LogP contribution < -0.4 is 0 Å². The molecule has 0 fully saturated rings. The lowest BCUT2D eigenvalue weighted by Gasteiger charge is -2.09. The minimum atomic E-state index is -0.924. The summed E-state index contributed by atoms with van der Waals surface area (Å²) in [7, 11) is 0. The number of hydrogen-bond donors (Lipinski definition) is 0. The number of thiophene rings is 1. The Hall–Kier alpha value is -0.640. The molecule has 84 valence electrons. The van der Waals surface area contributed by atoms with E-state index in [1.165, 1.54) is 23.5 Å². The van der Waals surface area contributed by atoms with Gasteiger partial charge in [0.05, 0.1) is 10.4 Å². The molecule has 1 heterocycles. The van der Waals surface area contributed by atoms with Crippen LogP contribution in [0.25, 0.3) is 0 Å². The van der Waals surface area contributed by atoms with E-state index in [0.29, 0.717) is 9.90 Å². The second kappa shape index (κ2) is 4.70. The first-order valence-corrected chi connectivity index (χ1v) is 6.11. The number of halogens is 4. The van der Waals surface area contributed by atoms with Crippen LogP contribution in [0.15, 0.2) is 29.6 Å². The standard InChI is InChI=1S/C11H6Cl2F2S/c12-7-4-5-16-11(7)9(13)6-2-1-3-8(14)10(6)15/h1-5,9H. The summed E-state index contributed by atoms with van der Waals surface area (Å²) < 4.78 is 26.5. The van der Waals surface area contributed by atoms with E-state index in [-0.39, 0.29) is 5.56 Å². The molecule has 0 spiro atoms. The molecule has 0 saturated carbocycles. The summed E-state index contributed by atoms with van der Waals surface area (Å²) in [6, 6.07) is 5.60. The molecule has 0 radical (unpaired) electrons. The van der Waals surface area contributed by atoms with E-state index in [1.54, 1.807) is 11.4 Å². The predicted octanol–water partition coefficient (Wildman–Crippen LogP) is 5.01. The maximum atomic E-state index is 13.5. The van der Waals surface area contributed by atoms with E-state index in [2.05, 4.69) is 0 Å². The van der Waals surface area contributed by atoms with E-state index < -0.39 is 17.0 Å².